The van der Waals surface area contributed by atoms with Crippen molar-refractivity contribution in [3.8, 4) is 0 Å². The van der Waals surface area contributed by atoms with Crippen LogP contribution in [-0.2, 0) is 9.59 Å². The van der Waals surface area contributed by atoms with E-state index in [2.05, 4.69) is 152 Å². The van der Waals surface area contributed by atoms with E-state index in [-0.39, 0.29) is 23.9 Å². The van der Waals surface area contributed by atoms with Gasteiger partial charge in [0.25, 0.3) is 0 Å². The molecule has 4 aromatic rings. The SMILES string of the molecule is Cc1cc(C)cc(P([C]2[CH][CH][CH][C]2C(=O)N[C@H]2CCCC[C@@H]2NC(=O)[C]2[CH][CH][CH][C]2P(c2cc(C)cc(C)c2)c2cc(C)cc(C)c2)c2cc(C)cc(C)c2)c1. The van der Waals surface area contributed by atoms with E-state index in [1.165, 1.54) is 65.7 Å². The molecular weight excluding hydrogens is 723 g/mol. The summed E-state index contributed by atoms with van der Waals surface area (Å²) >= 11 is 0. The molecule has 56 heavy (non-hydrogen) atoms. The van der Waals surface area contributed by atoms with Gasteiger partial charge in [-0.3, -0.25) is 9.59 Å². The van der Waals surface area contributed by atoms with Crippen molar-refractivity contribution in [2.24, 2.45) is 0 Å². The molecule has 0 aromatic heterocycles. The summed E-state index contributed by atoms with van der Waals surface area (Å²) in [6.07, 6.45) is 15.9. The first-order valence-electron chi connectivity index (χ1n) is 19.9. The van der Waals surface area contributed by atoms with Crippen LogP contribution in [0.5, 0.6) is 0 Å². The van der Waals surface area contributed by atoms with E-state index in [0.29, 0.717) is 0 Å². The molecule has 3 saturated carbocycles. The van der Waals surface area contributed by atoms with E-state index in [0.717, 1.165) is 48.8 Å². The van der Waals surface area contributed by atoms with E-state index >= 15 is 0 Å². The molecule has 0 bridgehead atoms. The molecule has 0 aliphatic heterocycles. The van der Waals surface area contributed by atoms with Crippen LogP contribution in [0.25, 0.3) is 0 Å². The van der Waals surface area contributed by atoms with Crippen LogP contribution in [0.3, 0.4) is 0 Å². The third-order valence-electron chi connectivity index (χ3n) is 10.8. The van der Waals surface area contributed by atoms with Gasteiger partial charge in [-0.05, 0) is 144 Å². The molecule has 10 radical (unpaired) electrons. The summed E-state index contributed by atoms with van der Waals surface area (Å²) in [5.74, 6) is 1.30. The highest BCUT2D eigenvalue weighted by Crippen LogP contribution is 2.57. The zero-order chi connectivity index (χ0) is 39.7. The Bertz CT molecular complexity index is 1740. The maximum absolute atomic E-state index is 14.4. The number of carbonyl (C=O) groups is 2. The average Bonchev–Trinajstić information content (AvgIpc) is 3.79. The molecule has 6 heteroatoms. The van der Waals surface area contributed by atoms with Gasteiger partial charge in [0.15, 0.2) is 0 Å². The van der Waals surface area contributed by atoms with E-state index in [1.807, 2.05) is 25.7 Å². The minimum Gasteiger partial charge on any atom is -0.351 e. The summed E-state index contributed by atoms with van der Waals surface area (Å²) in [5, 5.41) is 11.9. The number of amides is 2. The monoisotopic (exact) mass is 776 g/mol. The van der Waals surface area contributed by atoms with E-state index < -0.39 is 15.8 Å². The van der Waals surface area contributed by atoms with E-state index in [4.69, 9.17) is 0 Å². The van der Waals surface area contributed by atoms with Gasteiger partial charge >= 0.3 is 0 Å². The van der Waals surface area contributed by atoms with Gasteiger partial charge in [0, 0.05) is 23.4 Å². The van der Waals surface area contributed by atoms with Gasteiger partial charge in [0.2, 0.25) is 11.8 Å². The van der Waals surface area contributed by atoms with Crippen molar-refractivity contribution in [2.45, 2.75) is 93.2 Å². The van der Waals surface area contributed by atoms with Crippen LogP contribution in [-0.4, -0.2) is 23.9 Å². The molecule has 286 valence electrons. The van der Waals surface area contributed by atoms with Crippen molar-refractivity contribution in [3.63, 3.8) is 0 Å². The van der Waals surface area contributed by atoms with Crippen LogP contribution in [0.4, 0.5) is 0 Å². The Labute approximate surface area is 339 Å². The zero-order valence-corrected chi connectivity index (χ0v) is 35.9. The predicted octanol–water partition coefficient (Wildman–Crippen LogP) is 8.73. The second-order valence-electron chi connectivity index (χ2n) is 16.1. The van der Waals surface area contributed by atoms with E-state index in [1.54, 1.807) is 0 Å². The normalized spacial score (nSPS) is 20.0. The number of hydrogen-bond acceptors (Lipinski definition) is 2. The minimum atomic E-state index is -0.986. The molecule has 0 heterocycles. The van der Waals surface area contributed by atoms with Gasteiger partial charge in [0.1, 0.15) is 0 Å². The molecule has 2 amide bonds. The highest BCUT2D eigenvalue weighted by Gasteiger charge is 2.45. The molecule has 3 aliphatic rings. The molecule has 2 N–H and O–H groups in total. The fraction of sp³-hybridized carbons (Fsp3) is 0.280. The summed E-state index contributed by atoms with van der Waals surface area (Å²) < 4.78 is 0. The first-order valence-corrected chi connectivity index (χ1v) is 22.6. The Morgan fingerprint density at radius 3 is 0.964 bits per heavy atom. The van der Waals surface area contributed by atoms with Gasteiger partial charge < -0.3 is 10.6 Å². The van der Waals surface area contributed by atoms with Crippen LogP contribution in [0.2, 0.25) is 0 Å². The van der Waals surface area contributed by atoms with Gasteiger partial charge in [-0.15, -0.1) is 0 Å². The number of hydrogen-bond donors (Lipinski definition) is 2. The lowest BCUT2D eigenvalue weighted by Gasteiger charge is -2.36. The lowest BCUT2D eigenvalue weighted by atomic mass is 9.89. The first kappa shape index (κ1) is 40.9. The average molecular weight is 777 g/mol. The second kappa shape index (κ2) is 17.7. The second-order valence-corrected chi connectivity index (χ2v) is 20.5. The van der Waals surface area contributed by atoms with Crippen molar-refractivity contribution in [1.29, 1.82) is 0 Å². The highest BCUT2D eigenvalue weighted by molar-refractivity contribution is 7.76. The first-order chi connectivity index (χ1) is 26.8. The lowest BCUT2D eigenvalue weighted by Crippen LogP contribution is -2.55. The fourth-order valence-electron chi connectivity index (χ4n) is 8.74. The summed E-state index contributed by atoms with van der Waals surface area (Å²) in [6.45, 7) is 17.2. The van der Waals surface area contributed by atoms with Crippen molar-refractivity contribution in [3.05, 3.63) is 179 Å². The Balaban J connectivity index is 1.11. The lowest BCUT2D eigenvalue weighted by molar-refractivity contribution is -0.122. The van der Waals surface area contributed by atoms with Gasteiger partial charge in [-0.1, -0.05) is 130 Å². The van der Waals surface area contributed by atoms with Crippen LogP contribution >= 0.6 is 15.8 Å². The summed E-state index contributed by atoms with van der Waals surface area (Å²) in [5.41, 5.74) is 11.9. The largest absolute Gasteiger partial charge is 0.351 e. The third-order valence-corrected chi connectivity index (χ3v) is 15.7. The smallest absolute Gasteiger partial charge is 0.228 e. The molecule has 4 nitrogen and oxygen atoms in total. The number of carbonyl (C=O) groups excluding carboxylic acids is 2. The molecule has 0 spiro atoms. The van der Waals surface area contributed by atoms with Crippen molar-refractivity contribution in [1.82, 2.24) is 10.6 Å². The zero-order valence-electron chi connectivity index (χ0n) is 34.1. The summed E-state index contributed by atoms with van der Waals surface area (Å²) in [7, 11) is -1.97. The van der Waals surface area contributed by atoms with Crippen molar-refractivity contribution < 1.29 is 9.59 Å². The van der Waals surface area contributed by atoms with Crippen LogP contribution in [0, 0.1) is 117 Å². The third kappa shape index (κ3) is 9.35. The quantitative estimate of drug-likeness (QED) is 0.159. The van der Waals surface area contributed by atoms with Gasteiger partial charge in [-0.25, -0.2) is 0 Å². The summed E-state index contributed by atoms with van der Waals surface area (Å²) in [6, 6.07) is 26.7. The van der Waals surface area contributed by atoms with Crippen LogP contribution in [0.15, 0.2) is 72.8 Å². The van der Waals surface area contributed by atoms with Gasteiger partial charge in [0.05, 0.1) is 11.8 Å². The topological polar surface area (TPSA) is 58.2 Å². The summed E-state index contributed by atoms with van der Waals surface area (Å²) in [4.78, 5) is 28.9. The Morgan fingerprint density at radius 2 is 0.696 bits per heavy atom. The molecule has 0 saturated heterocycles. The molecule has 0 unspecified atom stereocenters. The van der Waals surface area contributed by atoms with Gasteiger partial charge in [-0.2, -0.15) is 0 Å². The maximum atomic E-state index is 14.4. The Hall–Kier alpha value is -3.32. The number of rotatable bonds is 10. The maximum Gasteiger partial charge on any atom is 0.228 e. The molecular formula is C50H54N2O2P2. The standard InChI is InChI=1S/C50H54N2O2P2/c1-31-19-32(2)24-39(23-31)55(40-25-33(3)20-34(4)26-40)47-17-11-13-43(47)49(53)51-45-15-9-10-16-46(45)52-50(54)44-14-12-18-48(44)56(41-27-35(5)21-36(6)28-41)42-29-37(7)22-38(8)30-42/h11-14,17-30,45-46H,9-10,15-16H2,1-8H3,(H,51,53)(H,52,54)/t45-,46-/m0/s1. The highest BCUT2D eigenvalue weighted by atomic mass is 31.1. The van der Waals surface area contributed by atoms with Crippen molar-refractivity contribution >= 4 is 48.9 Å². The number of benzene rings is 4. The predicted molar refractivity (Wildman–Crippen MR) is 237 cm³/mol. The molecule has 4 aromatic carbocycles. The Morgan fingerprint density at radius 1 is 0.429 bits per heavy atom. The van der Waals surface area contributed by atoms with Crippen LogP contribution < -0.4 is 31.9 Å². The molecule has 2 atom stereocenters. The number of aryl methyl sites for hydroxylation is 8. The fourth-order valence-corrected chi connectivity index (χ4v) is 14.4. The number of nitrogens with one attached hydrogen (secondary N) is 2. The molecule has 7 rings (SSSR count). The van der Waals surface area contributed by atoms with Crippen LogP contribution in [0.1, 0.15) is 70.2 Å². The van der Waals surface area contributed by atoms with E-state index in [9.17, 15) is 9.59 Å². The minimum absolute atomic E-state index is 0.0699. The van der Waals surface area contributed by atoms with Crippen molar-refractivity contribution in [2.75, 3.05) is 0 Å². The molecule has 3 fully saturated rings. The Kier molecular flexibility index (Phi) is 12.9. The molecule has 3 aliphatic carbocycles.